The van der Waals surface area contributed by atoms with E-state index in [1.54, 1.807) is 0 Å². The first-order chi connectivity index (χ1) is 13.0. The lowest BCUT2D eigenvalue weighted by atomic mass is 10.0. The van der Waals surface area contributed by atoms with Crippen molar-refractivity contribution >= 4 is 11.6 Å². The second-order valence-corrected chi connectivity index (χ2v) is 7.31. The highest BCUT2D eigenvalue weighted by molar-refractivity contribution is 6.30. The SMILES string of the molecule is Cc1[nH]c(-c2cc(C)n(-c3ccc(Cl)cc3)c2C)nc1C1C=CC=CC=C1. The number of H-pyrrole nitrogens is 1. The van der Waals surface area contributed by atoms with E-state index in [1.165, 1.54) is 5.69 Å². The Labute approximate surface area is 164 Å². The van der Waals surface area contributed by atoms with Gasteiger partial charge in [0.15, 0.2) is 0 Å². The summed E-state index contributed by atoms with van der Waals surface area (Å²) in [6.45, 7) is 6.33. The van der Waals surface area contributed by atoms with Crippen molar-refractivity contribution in [1.29, 1.82) is 0 Å². The largest absolute Gasteiger partial charge is 0.342 e. The van der Waals surface area contributed by atoms with Crippen LogP contribution in [0.3, 0.4) is 0 Å². The molecule has 1 N–H and O–H groups in total. The maximum atomic E-state index is 6.05. The summed E-state index contributed by atoms with van der Waals surface area (Å²) in [5.74, 6) is 1.10. The van der Waals surface area contributed by atoms with Gasteiger partial charge in [-0.3, -0.25) is 0 Å². The average Bonchev–Trinajstić information content (AvgIpc) is 3.03. The summed E-state index contributed by atoms with van der Waals surface area (Å²) >= 11 is 6.05. The molecule has 2 heterocycles. The number of aryl methyl sites for hydroxylation is 2. The van der Waals surface area contributed by atoms with E-state index in [9.17, 15) is 0 Å². The third-order valence-corrected chi connectivity index (χ3v) is 5.23. The molecule has 3 nitrogen and oxygen atoms in total. The van der Waals surface area contributed by atoms with Crippen LogP contribution >= 0.6 is 11.6 Å². The highest BCUT2D eigenvalue weighted by atomic mass is 35.5. The summed E-state index contributed by atoms with van der Waals surface area (Å²) in [5, 5.41) is 0.742. The molecule has 136 valence electrons. The van der Waals surface area contributed by atoms with Crippen LogP contribution in [0.4, 0.5) is 0 Å². The van der Waals surface area contributed by atoms with Crippen LogP contribution in [0.1, 0.15) is 28.7 Å². The molecule has 0 bridgehead atoms. The highest BCUT2D eigenvalue weighted by Gasteiger charge is 2.19. The predicted octanol–water partition coefficient (Wildman–Crippen LogP) is 6.21. The van der Waals surface area contributed by atoms with Crippen LogP contribution in [0.25, 0.3) is 17.1 Å². The maximum absolute atomic E-state index is 6.05. The van der Waals surface area contributed by atoms with Gasteiger partial charge < -0.3 is 9.55 Å². The van der Waals surface area contributed by atoms with Crippen molar-refractivity contribution in [2.24, 2.45) is 0 Å². The first kappa shape index (κ1) is 17.6. The van der Waals surface area contributed by atoms with E-state index in [2.05, 4.69) is 60.7 Å². The molecule has 4 heteroatoms. The second kappa shape index (κ2) is 7.09. The lowest BCUT2D eigenvalue weighted by Gasteiger charge is -2.09. The summed E-state index contributed by atoms with van der Waals surface area (Å²) < 4.78 is 2.23. The number of nitrogens with one attached hydrogen (secondary N) is 1. The van der Waals surface area contributed by atoms with Crippen LogP contribution in [-0.2, 0) is 0 Å². The first-order valence-electron chi connectivity index (χ1n) is 9.08. The lowest BCUT2D eigenvalue weighted by molar-refractivity contribution is 0.965. The number of hydrogen-bond acceptors (Lipinski definition) is 1. The first-order valence-corrected chi connectivity index (χ1v) is 9.46. The molecule has 2 aromatic heterocycles. The van der Waals surface area contributed by atoms with E-state index in [4.69, 9.17) is 16.6 Å². The summed E-state index contributed by atoms with van der Waals surface area (Å²) in [6.07, 6.45) is 12.6. The van der Waals surface area contributed by atoms with Crippen molar-refractivity contribution in [3.05, 3.63) is 94.6 Å². The molecule has 0 fully saturated rings. The van der Waals surface area contributed by atoms with Gasteiger partial charge in [-0.05, 0) is 51.1 Å². The zero-order chi connectivity index (χ0) is 19.0. The van der Waals surface area contributed by atoms with E-state index in [0.29, 0.717) is 0 Å². The van der Waals surface area contributed by atoms with Crippen LogP contribution in [0, 0.1) is 20.8 Å². The number of allylic oxidation sites excluding steroid dienone is 6. The van der Waals surface area contributed by atoms with Gasteiger partial charge in [-0.25, -0.2) is 4.98 Å². The number of aromatic amines is 1. The minimum absolute atomic E-state index is 0.185. The van der Waals surface area contributed by atoms with Crippen LogP contribution in [0.2, 0.25) is 5.02 Å². The Morgan fingerprint density at radius 1 is 0.963 bits per heavy atom. The van der Waals surface area contributed by atoms with Crippen molar-refractivity contribution < 1.29 is 0 Å². The Balaban J connectivity index is 1.76. The molecule has 0 radical (unpaired) electrons. The Bertz CT molecular complexity index is 1050. The minimum atomic E-state index is 0.185. The minimum Gasteiger partial charge on any atom is -0.342 e. The smallest absolute Gasteiger partial charge is 0.139 e. The molecule has 0 saturated heterocycles. The molecule has 0 aliphatic heterocycles. The molecule has 1 aromatic carbocycles. The summed E-state index contributed by atoms with van der Waals surface area (Å²) in [4.78, 5) is 8.44. The Hall–Kier alpha value is -2.78. The molecule has 3 aromatic rings. The topological polar surface area (TPSA) is 33.6 Å². The third-order valence-electron chi connectivity index (χ3n) is 4.98. The normalized spacial score (nSPS) is 14.1. The van der Waals surface area contributed by atoms with Crippen molar-refractivity contribution in [3.8, 4) is 17.1 Å². The van der Waals surface area contributed by atoms with Gasteiger partial charge in [-0.1, -0.05) is 48.1 Å². The van der Waals surface area contributed by atoms with Gasteiger partial charge in [0.2, 0.25) is 0 Å². The van der Waals surface area contributed by atoms with Crippen molar-refractivity contribution in [1.82, 2.24) is 14.5 Å². The molecule has 0 unspecified atom stereocenters. The molecule has 4 rings (SSSR count). The number of benzene rings is 1. The molecular weight excluding hydrogens is 354 g/mol. The molecule has 0 saturated carbocycles. The highest BCUT2D eigenvalue weighted by Crippen LogP contribution is 2.31. The van der Waals surface area contributed by atoms with E-state index in [0.717, 1.165) is 39.2 Å². The third kappa shape index (κ3) is 3.31. The Morgan fingerprint density at radius 2 is 1.63 bits per heavy atom. The van der Waals surface area contributed by atoms with Gasteiger partial charge in [0.25, 0.3) is 0 Å². The Morgan fingerprint density at radius 3 is 2.30 bits per heavy atom. The van der Waals surface area contributed by atoms with Gasteiger partial charge >= 0.3 is 0 Å². The van der Waals surface area contributed by atoms with Gasteiger partial charge in [-0.15, -0.1) is 0 Å². The molecule has 1 aliphatic rings. The molecule has 0 spiro atoms. The van der Waals surface area contributed by atoms with Crippen molar-refractivity contribution in [2.45, 2.75) is 26.7 Å². The number of imidazole rings is 1. The van der Waals surface area contributed by atoms with Crippen LogP contribution in [0.5, 0.6) is 0 Å². The van der Waals surface area contributed by atoms with Gasteiger partial charge in [-0.2, -0.15) is 0 Å². The number of nitrogens with zero attached hydrogens (tertiary/aromatic N) is 2. The molecular formula is C23H22ClN3. The number of hydrogen-bond donors (Lipinski definition) is 1. The van der Waals surface area contributed by atoms with Crippen molar-refractivity contribution in [2.75, 3.05) is 0 Å². The van der Waals surface area contributed by atoms with E-state index < -0.39 is 0 Å². The Kier molecular flexibility index (Phi) is 4.63. The van der Waals surface area contributed by atoms with E-state index in [-0.39, 0.29) is 5.92 Å². The molecule has 1 aliphatic carbocycles. The van der Waals surface area contributed by atoms with E-state index in [1.807, 2.05) is 36.4 Å². The monoisotopic (exact) mass is 375 g/mol. The van der Waals surface area contributed by atoms with Gasteiger partial charge in [0.1, 0.15) is 5.82 Å². The molecule has 27 heavy (non-hydrogen) atoms. The van der Waals surface area contributed by atoms with Crippen LogP contribution in [-0.4, -0.2) is 14.5 Å². The second-order valence-electron chi connectivity index (χ2n) is 6.87. The molecule has 0 amide bonds. The average molecular weight is 376 g/mol. The number of aromatic nitrogens is 3. The summed E-state index contributed by atoms with van der Waals surface area (Å²) in [6, 6.07) is 10.1. The predicted molar refractivity (Wildman–Crippen MR) is 113 cm³/mol. The van der Waals surface area contributed by atoms with Crippen LogP contribution in [0.15, 0.2) is 66.8 Å². The van der Waals surface area contributed by atoms with E-state index >= 15 is 0 Å². The van der Waals surface area contributed by atoms with Crippen molar-refractivity contribution in [3.63, 3.8) is 0 Å². The lowest BCUT2D eigenvalue weighted by Crippen LogP contribution is -1.99. The zero-order valence-corrected chi connectivity index (χ0v) is 16.5. The maximum Gasteiger partial charge on any atom is 0.139 e. The summed E-state index contributed by atoms with van der Waals surface area (Å²) in [5.41, 5.74) is 6.71. The zero-order valence-electron chi connectivity index (χ0n) is 15.7. The summed E-state index contributed by atoms with van der Waals surface area (Å²) in [7, 11) is 0. The quantitative estimate of drug-likeness (QED) is 0.579. The fraction of sp³-hybridized carbons (Fsp3) is 0.174. The molecule has 0 atom stereocenters. The fourth-order valence-electron chi connectivity index (χ4n) is 3.66. The van der Waals surface area contributed by atoms with Gasteiger partial charge in [0, 0.05) is 39.3 Å². The fourth-order valence-corrected chi connectivity index (χ4v) is 3.78. The van der Waals surface area contributed by atoms with Gasteiger partial charge in [0.05, 0.1) is 5.69 Å². The van der Waals surface area contributed by atoms with Crippen LogP contribution < -0.4 is 0 Å². The number of rotatable bonds is 3. The number of halogens is 1. The standard InChI is InChI=1S/C23H22ClN3/c1-15-14-21(17(3)27(15)20-12-10-19(24)11-13-20)23-25-16(2)22(26-23)18-8-6-4-5-7-9-18/h4-14,18H,1-3H3,(H,25,26).